The molecule has 0 aromatic rings. The average molecular weight is 324 g/mol. The zero-order valence-corrected chi connectivity index (χ0v) is 12.9. The van der Waals surface area contributed by atoms with Gasteiger partial charge >= 0.3 is 12.1 Å². The van der Waals surface area contributed by atoms with Gasteiger partial charge < -0.3 is 10.0 Å². The summed E-state index contributed by atoms with van der Waals surface area (Å²) < 4.78 is 37.8. The van der Waals surface area contributed by atoms with Crippen molar-refractivity contribution in [2.75, 3.05) is 26.2 Å². The predicted molar refractivity (Wildman–Crippen MR) is 74.3 cm³/mol. The van der Waals surface area contributed by atoms with Gasteiger partial charge in [-0.1, -0.05) is 6.92 Å². The molecule has 0 aromatic carbocycles. The molecule has 2 unspecified atom stereocenters. The van der Waals surface area contributed by atoms with E-state index in [1.54, 1.807) is 11.8 Å². The molecular formula is C14H23F3N2O3. The summed E-state index contributed by atoms with van der Waals surface area (Å²) >= 11 is 0. The second-order valence-electron chi connectivity index (χ2n) is 5.72. The van der Waals surface area contributed by atoms with Crippen LogP contribution < -0.4 is 0 Å². The number of rotatable bonds is 6. The number of carboxylic acid groups (broad SMARTS) is 1. The number of carbonyl (C=O) groups excluding carboxylic acids is 1. The predicted octanol–water partition coefficient (Wildman–Crippen LogP) is 1.97. The van der Waals surface area contributed by atoms with E-state index >= 15 is 0 Å². The third-order valence-electron chi connectivity index (χ3n) is 3.88. The van der Waals surface area contributed by atoms with Gasteiger partial charge in [0.15, 0.2) is 0 Å². The minimum atomic E-state index is -4.42. The number of piperidine rings is 1. The maximum absolute atomic E-state index is 12.6. The number of hydrogen-bond acceptors (Lipinski definition) is 3. The van der Waals surface area contributed by atoms with Crippen molar-refractivity contribution < 1.29 is 27.9 Å². The van der Waals surface area contributed by atoms with Gasteiger partial charge in [0, 0.05) is 13.1 Å². The van der Waals surface area contributed by atoms with E-state index in [0.29, 0.717) is 25.8 Å². The van der Waals surface area contributed by atoms with E-state index in [0.717, 1.165) is 4.90 Å². The first-order valence-electron chi connectivity index (χ1n) is 7.48. The lowest BCUT2D eigenvalue weighted by molar-refractivity contribution is -0.165. The molecule has 1 N–H and O–H groups in total. The van der Waals surface area contributed by atoms with Gasteiger partial charge in [0.05, 0.1) is 5.92 Å². The van der Waals surface area contributed by atoms with Crippen molar-refractivity contribution in [2.45, 2.75) is 45.3 Å². The van der Waals surface area contributed by atoms with Crippen LogP contribution in [-0.4, -0.2) is 65.2 Å². The number of amides is 1. The van der Waals surface area contributed by atoms with Gasteiger partial charge in [-0.25, -0.2) is 0 Å². The van der Waals surface area contributed by atoms with E-state index in [9.17, 15) is 22.8 Å². The SMILES string of the molecule is CCCN(CC(F)(F)F)C(=O)C1CCCN(C(C)C(=O)O)C1. The molecule has 128 valence electrons. The fraction of sp³-hybridized carbons (Fsp3) is 0.857. The van der Waals surface area contributed by atoms with Gasteiger partial charge in [0.1, 0.15) is 12.6 Å². The van der Waals surface area contributed by atoms with Gasteiger partial charge in [-0.05, 0) is 32.7 Å². The number of hydrogen-bond donors (Lipinski definition) is 1. The molecular weight excluding hydrogens is 301 g/mol. The molecule has 0 aromatic heterocycles. The number of halogens is 3. The first-order valence-corrected chi connectivity index (χ1v) is 7.48. The Bertz CT molecular complexity index is 401. The smallest absolute Gasteiger partial charge is 0.406 e. The molecule has 1 rings (SSSR count). The third-order valence-corrected chi connectivity index (χ3v) is 3.88. The Morgan fingerprint density at radius 1 is 1.41 bits per heavy atom. The lowest BCUT2D eigenvalue weighted by Crippen LogP contribution is -2.50. The summed E-state index contributed by atoms with van der Waals surface area (Å²) in [4.78, 5) is 25.9. The quantitative estimate of drug-likeness (QED) is 0.811. The van der Waals surface area contributed by atoms with E-state index in [-0.39, 0.29) is 13.1 Å². The number of likely N-dealkylation sites (tertiary alicyclic amines) is 1. The Labute approximate surface area is 128 Å². The number of carbonyl (C=O) groups is 2. The summed E-state index contributed by atoms with van der Waals surface area (Å²) in [6.45, 7) is 2.80. The van der Waals surface area contributed by atoms with Gasteiger partial charge in [0.2, 0.25) is 5.91 Å². The minimum absolute atomic E-state index is 0.0589. The van der Waals surface area contributed by atoms with Crippen LogP contribution in [0.5, 0.6) is 0 Å². The van der Waals surface area contributed by atoms with Crippen LogP contribution in [-0.2, 0) is 9.59 Å². The molecule has 0 saturated carbocycles. The Kier molecular flexibility index (Phi) is 6.65. The highest BCUT2D eigenvalue weighted by Crippen LogP contribution is 2.23. The molecule has 0 spiro atoms. The maximum Gasteiger partial charge on any atom is 0.406 e. The Hall–Kier alpha value is -1.31. The van der Waals surface area contributed by atoms with Crippen LogP contribution in [0, 0.1) is 5.92 Å². The molecule has 22 heavy (non-hydrogen) atoms. The fourth-order valence-corrected chi connectivity index (χ4v) is 2.73. The standard InChI is InChI=1S/C14H23F3N2O3/c1-3-6-19(9-14(15,16)17)12(20)11-5-4-7-18(8-11)10(2)13(21)22/h10-11H,3-9H2,1-2H3,(H,21,22). The van der Waals surface area contributed by atoms with Crippen molar-refractivity contribution in [3.63, 3.8) is 0 Å². The second kappa shape index (κ2) is 7.80. The first kappa shape index (κ1) is 18.7. The molecule has 1 fully saturated rings. The van der Waals surface area contributed by atoms with Crippen molar-refractivity contribution in [3.8, 4) is 0 Å². The first-order chi connectivity index (χ1) is 10.2. The molecule has 1 saturated heterocycles. The van der Waals surface area contributed by atoms with E-state index in [1.165, 1.54) is 6.92 Å². The molecule has 0 aliphatic carbocycles. The number of carboxylic acids is 1. The monoisotopic (exact) mass is 324 g/mol. The largest absolute Gasteiger partial charge is 0.480 e. The van der Waals surface area contributed by atoms with E-state index in [1.807, 2.05) is 0 Å². The van der Waals surface area contributed by atoms with Crippen molar-refractivity contribution >= 4 is 11.9 Å². The topological polar surface area (TPSA) is 60.9 Å². The second-order valence-corrected chi connectivity index (χ2v) is 5.72. The Balaban J connectivity index is 2.74. The van der Waals surface area contributed by atoms with Crippen LogP contribution in [0.2, 0.25) is 0 Å². The minimum Gasteiger partial charge on any atom is -0.480 e. The summed E-state index contributed by atoms with van der Waals surface area (Å²) in [7, 11) is 0. The molecule has 1 aliphatic heterocycles. The highest BCUT2D eigenvalue weighted by atomic mass is 19.4. The van der Waals surface area contributed by atoms with Gasteiger partial charge in [-0.2, -0.15) is 13.2 Å². The molecule has 5 nitrogen and oxygen atoms in total. The van der Waals surface area contributed by atoms with Crippen LogP contribution in [0.15, 0.2) is 0 Å². The fourth-order valence-electron chi connectivity index (χ4n) is 2.73. The molecule has 1 heterocycles. The Morgan fingerprint density at radius 2 is 2.05 bits per heavy atom. The molecule has 0 radical (unpaired) electrons. The molecule has 2 atom stereocenters. The third kappa shape index (κ3) is 5.47. The van der Waals surface area contributed by atoms with E-state index in [2.05, 4.69) is 0 Å². The van der Waals surface area contributed by atoms with Crippen molar-refractivity contribution in [1.82, 2.24) is 9.80 Å². The van der Waals surface area contributed by atoms with Crippen molar-refractivity contribution in [1.29, 1.82) is 0 Å². The van der Waals surface area contributed by atoms with Gasteiger partial charge in [-0.15, -0.1) is 0 Å². The number of aliphatic carboxylic acids is 1. The van der Waals surface area contributed by atoms with Crippen LogP contribution >= 0.6 is 0 Å². The van der Waals surface area contributed by atoms with Crippen molar-refractivity contribution in [2.24, 2.45) is 5.92 Å². The highest BCUT2D eigenvalue weighted by Gasteiger charge is 2.37. The van der Waals surface area contributed by atoms with Gasteiger partial charge in [0.25, 0.3) is 0 Å². The lowest BCUT2D eigenvalue weighted by atomic mass is 9.95. The zero-order chi connectivity index (χ0) is 16.9. The van der Waals surface area contributed by atoms with Gasteiger partial charge in [-0.3, -0.25) is 14.5 Å². The van der Waals surface area contributed by atoms with Crippen molar-refractivity contribution in [3.05, 3.63) is 0 Å². The summed E-state index contributed by atoms with van der Waals surface area (Å²) in [5.74, 6) is -2.08. The van der Waals surface area contributed by atoms with Crippen LogP contribution in [0.1, 0.15) is 33.1 Å². The lowest BCUT2D eigenvalue weighted by Gasteiger charge is -2.36. The zero-order valence-electron chi connectivity index (χ0n) is 12.9. The Morgan fingerprint density at radius 3 is 2.55 bits per heavy atom. The number of alkyl halides is 3. The molecule has 8 heteroatoms. The summed E-state index contributed by atoms with van der Waals surface area (Å²) in [6.07, 6.45) is -2.86. The van der Waals surface area contributed by atoms with Crippen LogP contribution in [0.4, 0.5) is 13.2 Å². The molecule has 1 aliphatic rings. The maximum atomic E-state index is 12.6. The van der Waals surface area contributed by atoms with Crippen LogP contribution in [0.3, 0.4) is 0 Å². The normalized spacial score (nSPS) is 21.4. The molecule has 0 bridgehead atoms. The summed E-state index contributed by atoms with van der Waals surface area (Å²) in [5, 5.41) is 9.02. The van der Waals surface area contributed by atoms with E-state index < -0.39 is 36.6 Å². The van der Waals surface area contributed by atoms with Crippen LogP contribution in [0.25, 0.3) is 0 Å². The summed E-state index contributed by atoms with van der Waals surface area (Å²) in [5.41, 5.74) is 0. The average Bonchev–Trinajstić information content (AvgIpc) is 2.44. The summed E-state index contributed by atoms with van der Waals surface area (Å²) in [6, 6.07) is -0.738. The van der Waals surface area contributed by atoms with E-state index in [4.69, 9.17) is 5.11 Å². The number of nitrogens with zero attached hydrogens (tertiary/aromatic N) is 2. The highest BCUT2D eigenvalue weighted by molar-refractivity contribution is 5.79. The molecule has 1 amide bonds.